The van der Waals surface area contributed by atoms with Crippen LogP contribution in [0.15, 0.2) is 0 Å². The van der Waals surface area contributed by atoms with Gasteiger partial charge in [0.1, 0.15) is 0 Å². The van der Waals surface area contributed by atoms with Gasteiger partial charge in [-0.15, -0.1) is 4.72 Å². The summed E-state index contributed by atoms with van der Waals surface area (Å²) in [7, 11) is 0.653. The monoisotopic (exact) mass is 207 g/mol. The molecule has 0 spiro atoms. The molecule has 0 aliphatic rings. The summed E-state index contributed by atoms with van der Waals surface area (Å²) >= 11 is 0. The molecular formula is C8H19N2O2S. The van der Waals surface area contributed by atoms with Crippen molar-refractivity contribution in [1.29, 1.82) is 0 Å². The molecule has 79 valence electrons. The van der Waals surface area contributed by atoms with Crippen LogP contribution in [0.5, 0.6) is 0 Å². The van der Waals surface area contributed by atoms with Gasteiger partial charge >= 0.3 is 0 Å². The highest BCUT2D eigenvalue weighted by atomic mass is 32.2. The summed E-state index contributed by atoms with van der Waals surface area (Å²) in [5, 5.41) is 0. The van der Waals surface area contributed by atoms with Gasteiger partial charge in [-0.3, -0.25) is 0 Å². The highest BCUT2D eigenvalue weighted by Crippen LogP contribution is 1.94. The Labute approximate surface area is 81.4 Å². The maximum Gasteiger partial charge on any atom is 0.227 e. The van der Waals surface area contributed by atoms with Gasteiger partial charge < -0.3 is 4.90 Å². The fraction of sp³-hybridized carbons (Fsp3) is 1.00. The smallest absolute Gasteiger partial charge is 0.227 e. The maximum absolute atomic E-state index is 11.2. The van der Waals surface area contributed by atoms with Crippen LogP contribution in [-0.2, 0) is 10.0 Å². The molecule has 5 heteroatoms. The summed E-state index contributed by atoms with van der Waals surface area (Å²) in [5.41, 5.74) is 0. The Morgan fingerprint density at radius 3 is 2.38 bits per heavy atom. The van der Waals surface area contributed by atoms with Crippen molar-refractivity contribution >= 4 is 10.0 Å². The maximum atomic E-state index is 11.2. The number of rotatable bonds is 7. The Morgan fingerprint density at radius 2 is 1.92 bits per heavy atom. The first-order valence-electron chi connectivity index (χ1n) is 4.54. The Bertz CT molecular complexity index is 212. The lowest BCUT2D eigenvalue weighted by Crippen LogP contribution is -2.27. The number of hydrogen-bond donors (Lipinski definition) is 0. The van der Waals surface area contributed by atoms with Gasteiger partial charge in [-0.1, -0.05) is 13.3 Å². The predicted octanol–water partition coefficient (Wildman–Crippen LogP) is 0.282. The lowest BCUT2D eigenvalue weighted by Gasteiger charge is -2.08. The first-order valence-corrected chi connectivity index (χ1v) is 6.15. The molecule has 0 amide bonds. The van der Waals surface area contributed by atoms with Crippen molar-refractivity contribution in [2.75, 3.05) is 32.9 Å². The van der Waals surface area contributed by atoms with E-state index in [0.29, 0.717) is 19.5 Å². The number of hydrogen-bond acceptors (Lipinski definition) is 3. The third-order valence-corrected chi connectivity index (χ3v) is 2.97. The number of sulfonamides is 1. The van der Waals surface area contributed by atoms with Crippen LogP contribution < -0.4 is 4.72 Å². The minimum atomic E-state index is -3.14. The van der Waals surface area contributed by atoms with Gasteiger partial charge in [-0.05, 0) is 20.5 Å². The first-order chi connectivity index (χ1) is 5.98. The normalized spacial score (nSPS) is 12.3. The van der Waals surface area contributed by atoms with Gasteiger partial charge in [0.2, 0.25) is 10.0 Å². The van der Waals surface area contributed by atoms with Crippen LogP contribution in [-0.4, -0.2) is 46.3 Å². The summed E-state index contributed by atoms with van der Waals surface area (Å²) in [6.45, 7) is 3.03. The van der Waals surface area contributed by atoms with E-state index < -0.39 is 10.0 Å². The van der Waals surface area contributed by atoms with E-state index >= 15 is 0 Å². The van der Waals surface area contributed by atoms with Crippen LogP contribution in [0.25, 0.3) is 0 Å². The van der Waals surface area contributed by atoms with Crippen molar-refractivity contribution in [1.82, 2.24) is 9.62 Å². The van der Waals surface area contributed by atoms with Crippen LogP contribution in [0.3, 0.4) is 0 Å². The molecule has 0 atom stereocenters. The third-order valence-electron chi connectivity index (χ3n) is 1.59. The van der Waals surface area contributed by atoms with Gasteiger partial charge in [0.15, 0.2) is 0 Å². The zero-order chi connectivity index (χ0) is 10.3. The topological polar surface area (TPSA) is 51.5 Å². The molecule has 1 radical (unpaired) electrons. The molecule has 0 aromatic heterocycles. The third kappa shape index (κ3) is 8.21. The lowest BCUT2D eigenvalue weighted by molar-refractivity contribution is 0.411. The van der Waals surface area contributed by atoms with Crippen molar-refractivity contribution in [2.24, 2.45) is 0 Å². The van der Waals surface area contributed by atoms with Crippen LogP contribution >= 0.6 is 0 Å². The van der Waals surface area contributed by atoms with Gasteiger partial charge in [-0.2, -0.15) is 0 Å². The largest absolute Gasteiger partial charge is 0.308 e. The zero-order valence-electron chi connectivity index (χ0n) is 8.65. The summed E-state index contributed by atoms with van der Waals surface area (Å²) in [6, 6.07) is 0. The van der Waals surface area contributed by atoms with Crippen LogP contribution in [0.1, 0.15) is 19.8 Å². The van der Waals surface area contributed by atoms with Crippen molar-refractivity contribution in [2.45, 2.75) is 19.8 Å². The van der Waals surface area contributed by atoms with Crippen LogP contribution in [0.4, 0.5) is 0 Å². The molecule has 4 nitrogen and oxygen atoms in total. The number of unbranched alkanes of at least 4 members (excludes halogenated alkanes) is 1. The number of nitrogens with zero attached hydrogens (tertiary/aromatic N) is 2. The molecule has 0 aromatic rings. The first kappa shape index (κ1) is 12.9. The lowest BCUT2D eigenvalue weighted by atomic mass is 10.4. The van der Waals surface area contributed by atoms with Crippen molar-refractivity contribution < 1.29 is 8.42 Å². The summed E-state index contributed by atoms with van der Waals surface area (Å²) < 4.78 is 26.0. The Hall–Kier alpha value is -0.130. The highest BCUT2D eigenvalue weighted by molar-refractivity contribution is 7.89. The molecule has 0 aliphatic carbocycles. The van der Waals surface area contributed by atoms with E-state index in [1.807, 2.05) is 25.9 Å². The quantitative estimate of drug-likeness (QED) is 0.602. The van der Waals surface area contributed by atoms with E-state index in [0.717, 1.165) is 6.42 Å². The molecule has 0 aromatic carbocycles. The molecule has 0 saturated heterocycles. The average molecular weight is 207 g/mol. The Balaban J connectivity index is 3.64. The second kappa shape index (κ2) is 6.34. The van der Waals surface area contributed by atoms with Crippen LogP contribution in [0, 0.1) is 0 Å². The molecule has 13 heavy (non-hydrogen) atoms. The van der Waals surface area contributed by atoms with Crippen molar-refractivity contribution in [3.63, 3.8) is 0 Å². The molecule has 0 saturated carbocycles. The SMILES string of the molecule is CCCCS(=O)(=O)[N]CCN(C)C. The molecule has 0 heterocycles. The zero-order valence-corrected chi connectivity index (χ0v) is 9.47. The summed E-state index contributed by atoms with van der Waals surface area (Å²) in [5.74, 6) is 0.191. The summed E-state index contributed by atoms with van der Waals surface area (Å²) in [4.78, 5) is 1.92. The number of likely N-dealkylation sites (N-methyl/N-ethyl adjacent to an activating group) is 1. The van der Waals surface area contributed by atoms with E-state index in [1.165, 1.54) is 0 Å². The van der Waals surface area contributed by atoms with E-state index in [9.17, 15) is 8.42 Å². The standard InChI is InChI=1S/C8H19N2O2S/c1-4-5-8-13(11,12)9-6-7-10(2)3/h4-8H2,1-3H3. The molecule has 0 unspecified atom stereocenters. The van der Waals surface area contributed by atoms with Gasteiger partial charge in [-0.25, -0.2) is 8.42 Å². The fourth-order valence-electron chi connectivity index (χ4n) is 0.771. The minimum absolute atomic E-state index is 0.191. The second-order valence-corrected chi connectivity index (χ2v) is 5.13. The van der Waals surface area contributed by atoms with Gasteiger partial charge in [0.25, 0.3) is 0 Å². The van der Waals surface area contributed by atoms with E-state index in [-0.39, 0.29) is 5.75 Å². The van der Waals surface area contributed by atoms with E-state index in [1.54, 1.807) is 0 Å². The van der Waals surface area contributed by atoms with Gasteiger partial charge in [0, 0.05) is 13.1 Å². The summed E-state index contributed by atoms with van der Waals surface area (Å²) in [6.07, 6.45) is 1.59. The van der Waals surface area contributed by atoms with Gasteiger partial charge in [0.05, 0.1) is 5.75 Å². The van der Waals surface area contributed by atoms with Crippen LogP contribution in [0.2, 0.25) is 0 Å². The molecule has 0 rings (SSSR count). The highest BCUT2D eigenvalue weighted by Gasteiger charge is 2.09. The minimum Gasteiger partial charge on any atom is -0.308 e. The molecule has 0 fully saturated rings. The molecular weight excluding hydrogens is 188 g/mol. The van der Waals surface area contributed by atoms with Crippen molar-refractivity contribution in [3.05, 3.63) is 0 Å². The molecule has 0 N–H and O–H groups in total. The van der Waals surface area contributed by atoms with E-state index in [2.05, 4.69) is 4.72 Å². The van der Waals surface area contributed by atoms with Crippen molar-refractivity contribution in [3.8, 4) is 0 Å². The molecule has 0 aliphatic heterocycles. The van der Waals surface area contributed by atoms with E-state index in [4.69, 9.17) is 0 Å². The molecule has 0 bridgehead atoms. The Kier molecular flexibility index (Phi) is 6.28. The second-order valence-electron chi connectivity index (χ2n) is 3.30. The fourth-order valence-corrected chi connectivity index (χ4v) is 1.91. The predicted molar refractivity (Wildman–Crippen MR) is 54.2 cm³/mol. The average Bonchev–Trinajstić information content (AvgIpc) is 2.00. The Morgan fingerprint density at radius 1 is 1.31 bits per heavy atom.